The Balaban J connectivity index is 0.00000196. The van der Waals surface area contributed by atoms with Gasteiger partial charge in [-0.25, -0.2) is 0 Å². The monoisotopic (exact) mass is 231 g/mol. The van der Waals surface area contributed by atoms with E-state index >= 15 is 0 Å². The summed E-state index contributed by atoms with van der Waals surface area (Å²) in [5.74, 6) is 0. The van der Waals surface area contributed by atoms with Crippen LogP contribution in [0.4, 0.5) is 0 Å². The topological polar surface area (TPSA) is 89.4 Å². The normalized spacial score (nSPS) is 10.9. The second-order valence-corrected chi connectivity index (χ2v) is 4.73. The van der Waals surface area contributed by atoms with Crippen LogP contribution in [0.15, 0.2) is 23.1 Å². The lowest BCUT2D eigenvalue weighted by Gasteiger charge is -2.06. The van der Waals surface area contributed by atoms with Crippen molar-refractivity contribution in [1.82, 2.24) is 6.15 Å². The van der Waals surface area contributed by atoms with Gasteiger partial charge >= 0.3 is 0 Å². The molecule has 0 aliphatic heterocycles. The molecule has 5 heteroatoms. The van der Waals surface area contributed by atoms with Gasteiger partial charge in [-0.2, -0.15) is 8.42 Å². The number of rotatable bonds is 3. The van der Waals surface area contributed by atoms with E-state index in [-0.39, 0.29) is 11.0 Å². The third-order valence-electron chi connectivity index (χ3n) is 2.01. The van der Waals surface area contributed by atoms with Crippen LogP contribution in [0.25, 0.3) is 0 Å². The summed E-state index contributed by atoms with van der Waals surface area (Å²) in [4.78, 5) is 0.0324. The number of hydrogen-bond acceptors (Lipinski definition) is 3. The molecule has 1 aromatic carbocycles. The molecule has 0 bridgehead atoms. The lowest BCUT2D eigenvalue weighted by Crippen LogP contribution is -2.03. The lowest BCUT2D eigenvalue weighted by molar-refractivity contribution is 0.482. The van der Waals surface area contributed by atoms with Crippen LogP contribution in [0.5, 0.6) is 0 Å². The molecular formula is C10H17NO3S. The maximum Gasteiger partial charge on any atom is 0.294 e. The predicted molar refractivity (Wildman–Crippen MR) is 60.0 cm³/mol. The van der Waals surface area contributed by atoms with E-state index in [1.165, 1.54) is 6.07 Å². The molecule has 0 aliphatic rings. The highest BCUT2D eigenvalue weighted by atomic mass is 32.2. The van der Waals surface area contributed by atoms with Crippen molar-refractivity contribution in [2.45, 2.75) is 31.6 Å². The SMILES string of the molecule is CCCc1cc(C)ccc1S(=O)(=O)O.N. The van der Waals surface area contributed by atoms with E-state index < -0.39 is 10.1 Å². The molecule has 86 valence electrons. The van der Waals surface area contributed by atoms with Crippen molar-refractivity contribution in [1.29, 1.82) is 0 Å². The van der Waals surface area contributed by atoms with Crippen LogP contribution in [-0.2, 0) is 16.5 Å². The van der Waals surface area contributed by atoms with Crippen molar-refractivity contribution in [3.05, 3.63) is 29.3 Å². The fraction of sp³-hybridized carbons (Fsp3) is 0.400. The van der Waals surface area contributed by atoms with Crippen molar-refractivity contribution in [3.8, 4) is 0 Å². The number of benzene rings is 1. The Morgan fingerprint density at radius 1 is 1.33 bits per heavy atom. The maximum absolute atomic E-state index is 11.0. The average Bonchev–Trinajstić information content (AvgIpc) is 2.02. The molecule has 0 heterocycles. The van der Waals surface area contributed by atoms with Crippen molar-refractivity contribution < 1.29 is 13.0 Å². The zero-order valence-electron chi connectivity index (χ0n) is 9.03. The third kappa shape index (κ3) is 3.62. The molecule has 0 aromatic heterocycles. The van der Waals surface area contributed by atoms with Gasteiger partial charge < -0.3 is 6.15 Å². The second kappa shape index (κ2) is 5.25. The van der Waals surface area contributed by atoms with E-state index in [0.29, 0.717) is 12.0 Å². The highest BCUT2D eigenvalue weighted by Gasteiger charge is 2.14. The maximum atomic E-state index is 11.0. The van der Waals surface area contributed by atoms with Crippen LogP contribution >= 0.6 is 0 Å². The molecule has 0 unspecified atom stereocenters. The molecule has 1 aromatic rings. The minimum atomic E-state index is -4.07. The zero-order chi connectivity index (χ0) is 10.8. The van der Waals surface area contributed by atoms with Crippen LogP contribution in [0, 0.1) is 6.92 Å². The van der Waals surface area contributed by atoms with Crippen molar-refractivity contribution in [3.63, 3.8) is 0 Å². The molecule has 0 fully saturated rings. The largest absolute Gasteiger partial charge is 0.344 e. The van der Waals surface area contributed by atoms with Gasteiger partial charge in [0, 0.05) is 0 Å². The first-order chi connectivity index (χ1) is 6.45. The molecule has 0 atom stereocenters. The van der Waals surface area contributed by atoms with Crippen molar-refractivity contribution in [2.24, 2.45) is 0 Å². The van der Waals surface area contributed by atoms with Gasteiger partial charge in [-0.15, -0.1) is 0 Å². The van der Waals surface area contributed by atoms with Crippen LogP contribution in [0.2, 0.25) is 0 Å². The second-order valence-electron chi connectivity index (χ2n) is 3.34. The van der Waals surface area contributed by atoms with Gasteiger partial charge in [0.2, 0.25) is 0 Å². The lowest BCUT2D eigenvalue weighted by atomic mass is 10.1. The van der Waals surface area contributed by atoms with E-state index in [9.17, 15) is 8.42 Å². The van der Waals surface area contributed by atoms with Gasteiger partial charge in [-0.1, -0.05) is 31.0 Å². The third-order valence-corrected chi connectivity index (χ3v) is 2.97. The smallest absolute Gasteiger partial charge is 0.294 e. The fourth-order valence-electron chi connectivity index (χ4n) is 1.42. The molecule has 15 heavy (non-hydrogen) atoms. The Hall–Kier alpha value is -0.910. The molecule has 0 saturated heterocycles. The predicted octanol–water partition coefficient (Wildman–Crippen LogP) is 2.36. The first kappa shape index (κ1) is 14.1. The molecule has 0 aliphatic carbocycles. The Morgan fingerprint density at radius 3 is 2.40 bits per heavy atom. The zero-order valence-corrected chi connectivity index (χ0v) is 9.84. The molecule has 4 N–H and O–H groups in total. The van der Waals surface area contributed by atoms with Gasteiger partial charge in [0.25, 0.3) is 10.1 Å². The van der Waals surface area contributed by atoms with Gasteiger partial charge in [0.1, 0.15) is 0 Å². The van der Waals surface area contributed by atoms with Crippen molar-refractivity contribution >= 4 is 10.1 Å². The van der Waals surface area contributed by atoms with Gasteiger partial charge in [0.15, 0.2) is 0 Å². The number of aryl methyl sites for hydroxylation is 2. The summed E-state index contributed by atoms with van der Waals surface area (Å²) < 4.78 is 31.0. The first-order valence-electron chi connectivity index (χ1n) is 4.52. The molecular weight excluding hydrogens is 214 g/mol. The summed E-state index contributed by atoms with van der Waals surface area (Å²) in [5.41, 5.74) is 1.69. The van der Waals surface area contributed by atoms with Gasteiger partial charge in [0.05, 0.1) is 4.90 Å². The summed E-state index contributed by atoms with van der Waals surface area (Å²) in [6.45, 7) is 3.86. The van der Waals surface area contributed by atoms with Gasteiger partial charge in [-0.05, 0) is 25.0 Å². The van der Waals surface area contributed by atoms with Crippen LogP contribution in [-0.4, -0.2) is 13.0 Å². The Kier molecular flexibility index (Phi) is 4.93. The summed E-state index contributed by atoms with van der Waals surface area (Å²) in [7, 11) is -4.07. The van der Waals surface area contributed by atoms with Crippen LogP contribution in [0.3, 0.4) is 0 Å². The highest BCUT2D eigenvalue weighted by molar-refractivity contribution is 7.85. The van der Waals surface area contributed by atoms with Crippen LogP contribution in [0.1, 0.15) is 24.5 Å². The average molecular weight is 231 g/mol. The molecule has 0 radical (unpaired) electrons. The van der Waals surface area contributed by atoms with Gasteiger partial charge in [-0.3, -0.25) is 4.55 Å². The quantitative estimate of drug-likeness (QED) is 0.781. The molecule has 4 nitrogen and oxygen atoms in total. The highest BCUT2D eigenvalue weighted by Crippen LogP contribution is 2.18. The van der Waals surface area contributed by atoms with Crippen molar-refractivity contribution in [2.75, 3.05) is 0 Å². The van der Waals surface area contributed by atoms with E-state index in [1.807, 2.05) is 13.8 Å². The first-order valence-corrected chi connectivity index (χ1v) is 5.96. The Morgan fingerprint density at radius 2 is 1.93 bits per heavy atom. The van der Waals surface area contributed by atoms with E-state index in [1.54, 1.807) is 12.1 Å². The van der Waals surface area contributed by atoms with Crippen LogP contribution < -0.4 is 6.15 Å². The van der Waals surface area contributed by atoms with E-state index in [0.717, 1.165) is 12.0 Å². The molecule has 0 spiro atoms. The summed E-state index contributed by atoms with van der Waals surface area (Å²) in [5, 5.41) is 0. The molecule has 0 saturated carbocycles. The Bertz CT molecular complexity index is 426. The summed E-state index contributed by atoms with van der Waals surface area (Å²) >= 11 is 0. The minimum absolute atomic E-state index is 0. The van der Waals surface area contributed by atoms with E-state index in [2.05, 4.69) is 0 Å². The van der Waals surface area contributed by atoms with E-state index in [4.69, 9.17) is 4.55 Å². The fourth-order valence-corrected chi connectivity index (χ4v) is 2.16. The standard InChI is InChI=1S/C10H14O3S.H3N/c1-3-4-9-7-8(2)5-6-10(9)14(11,12)13;/h5-7H,3-4H2,1-2H3,(H,11,12,13);1H3. The minimum Gasteiger partial charge on any atom is -0.344 e. The summed E-state index contributed by atoms with van der Waals surface area (Å²) in [6.07, 6.45) is 1.52. The molecule has 1 rings (SSSR count). The molecule has 0 amide bonds. The number of hydrogen-bond donors (Lipinski definition) is 2. The summed E-state index contributed by atoms with van der Waals surface area (Å²) in [6, 6.07) is 4.94. The Labute approximate surface area is 90.7 Å².